The largest absolute Gasteiger partial charge is 0.358 e. The van der Waals surface area contributed by atoms with Crippen molar-refractivity contribution in [2.45, 2.75) is 45.4 Å². The van der Waals surface area contributed by atoms with Crippen LogP contribution in [0.4, 0.5) is 11.4 Å². The highest BCUT2D eigenvalue weighted by molar-refractivity contribution is 9.11. The standard InChI is InChI=1S/C27H29BrN2/c1-4-5-18-30-25-13-9-7-11-23(25)27(2,3)26(30)17-15-21(28)14-16-22-19-20-10-6-8-12-24(20)29-22/h6-17H,4-5,18-19H2,1-3H3/p+1. The first-order valence-corrected chi connectivity index (χ1v) is 11.6. The number of rotatable bonds is 6. The van der Waals surface area contributed by atoms with Gasteiger partial charge in [0.15, 0.2) is 5.71 Å². The van der Waals surface area contributed by atoms with Crippen LogP contribution >= 0.6 is 15.9 Å². The third kappa shape index (κ3) is 4.09. The molecule has 0 bridgehead atoms. The maximum absolute atomic E-state index is 3.74. The number of benzene rings is 2. The van der Waals surface area contributed by atoms with Crippen LogP contribution in [0.1, 0.15) is 44.7 Å². The summed E-state index contributed by atoms with van der Waals surface area (Å²) in [6.45, 7) is 7.97. The van der Waals surface area contributed by atoms with E-state index >= 15 is 0 Å². The Bertz CT molecular complexity index is 1040. The van der Waals surface area contributed by atoms with Crippen molar-refractivity contribution in [3.63, 3.8) is 0 Å². The van der Waals surface area contributed by atoms with Gasteiger partial charge < -0.3 is 5.32 Å². The lowest BCUT2D eigenvalue weighted by atomic mass is 9.81. The van der Waals surface area contributed by atoms with Gasteiger partial charge in [-0.1, -0.05) is 65.7 Å². The number of anilines is 1. The van der Waals surface area contributed by atoms with Crippen molar-refractivity contribution in [2.75, 3.05) is 11.9 Å². The number of nitrogens with one attached hydrogen (secondary N) is 1. The van der Waals surface area contributed by atoms with Gasteiger partial charge in [-0.25, -0.2) is 0 Å². The van der Waals surface area contributed by atoms with Crippen LogP contribution in [0.15, 0.2) is 83.0 Å². The predicted octanol–water partition coefficient (Wildman–Crippen LogP) is 7.25. The molecule has 2 aliphatic heterocycles. The van der Waals surface area contributed by atoms with E-state index in [4.69, 9.17) is 0 Å². The van der Waals surface area contributed by atoms with E-state index in [1.807, 2.05) is 0 Å². The van der Waals surface area contributed by atoms with E-state index in [1.165, 1.54) is 46.8 Å². The Morgan fingerprint density at radius 2 is 1.90 bits per heavy atom. The lowest BCUT2D eigenvalue weighted by Gasteiger charge is -2.15. The van der Waals surface area contributed by atoms with Crippen LogP contribution in [0.2, 0.25) is 0 Å². The molecule has 154 valence electrons. The van der Waals surface area contributed by atoms with Crippen molar-refractivity contribution in [3.8, 4) is 0 Å². The van der Waals surface area contributed by atoms with E-state index in [9.17, 15) is 0 Å². The van der Waals surface area contributed by atoms with Gasteiger partial charge in [-0.3, -0.25) is 0 Å². The first-order chi connectivity index (χ1) is 14.5. The number of hydrogen-bond acceptors (Lipinski definition) is 1. The highest BCUT2D eigenvalue weighted by atomic mass is 79.9. The number of hydrogen-bond donors (Lipinski definition) is 1. The van der Waals surface area contributed by atoms with Gasteiger partial charge in [0.1, 0.15) is 6.54 Å². The molecule has 30 heavy (non-hydrogen) atoms. The highest BCUT2D eigenvalue weighted by Gasteiger charge is 2.43. The molecule has 0 unspecified atom stereocenters. The lowest BCUT2D eigenvalue weighted by molar-refractivity contribution is -0.438. The van der Waals surface area contributed by atoms with Crippen LogP contribution in [-0.2, 0) is 11.8 Å². The van der Waals surface area contributed by atoms with Crippen molar-refractivity contribution in [1.29, 1.82) is 0 Å². The number of fused-ring (bicyclic) bond motifs is 2. The molecule has 2 aromatic rings. The summed E-state index contributed by atoms with van der Waals surface area (Å²) in [7, 11) is 0. The summed E-state index contributed by atoms with van der Waals surface area (Å²) in [5.74, 6) is 0. The van der Waals surface area contributed by atoms with Crippen molar-refractivity contribution in [2.24, 2.45) is 0 Å². The molecular formula is C27H30BrN2+. The summed E-state index contributed by atoms with van der Waals surface area (Å²) < 4.78 is 3.57. The van der Waals surface area contributed by atoms with Crippen LogP contribution in [0, 0.1) is 0 Å². The molecule has 0 atom stereocenters. The number of allylic oxidation sites excluding steroid dienone is 6. The minimum Gasteiger partial charge on any atom is -0.358 e. The molecule has 2 aliphatic rings. The van der Waals surface area contributed by atoms with Crippen LogP contribution in [0.5, 0.6) is 0 Å². The molecule has 0 saturated carbocycles. The average molecular weight is 462 g/mol. The molecule has 2 aromatic carbocycles. The zero-order valence-corrected chi connectivity index (χ0v) is 19.7. The van der Waals surface area contributed by atoms with E-state index in [2.05, 4.69) is 119 Å². The zero-order valence-electron chi connectivity index (χ0n) is 18.1. The normalized spacial score (nSPS) is 18.8. The molecule has 0 saturated heterocycles. The first kappa shape index (κ1) is 20.9. The molecule has 0 spiro atoms. The third-order valence-corrected chi connectivity index (χ3v) is 6.60. The Balaban J connectivity index is 1.57. The summed E-state index contributed by atoms with van der Waals surface area (Å²) in [6, 6.07) is 17.3. The van der Waals surface area contributed by atoms with Crippen LogP contribution in [-0.4, -0.2) is 16.8 Å². The van der Waals surface area contributed by atoms with E-state index in [-0.39, 0.29) is 5.41 Å². The number of halogens is 1. The summed E-state index contributed by atoms with van der Waals surface area (Å²) in [4.78, 5) is 0. The Morgan fingerprint density at radius 3 is 2.70 bits per heavy atom. The Labute approximate surface area is 188 Å². The van der Waals surface area contributed by atoms with Gasteiger partial charge in [0.05, 0.1) is 5.41 Å². The molecule has 0 fully saturated rings. The minimum absolute atomic E-state index is 0.00122. The Hall–Kier alpha value is -2.39. The van der Waals surface area contributed by atoms with E-state index in [1.54, 1.807) is 0 Å². The third-order valence-electron chi connectivity index (χ3n) is 6.07. The smallest absolute Gasteiger partial charge is 0.209 e. The van der Waals surface area contributed by atoms with Crippen molar-refractivity contribution < 1.29 is 4.58 Å². The second-order valence-corrected chi connectivity index (χ2v) is 9.48. The van der Waals surface area contributed by atoms with Crippen LogP contribution < -0.4 is 5.32 Å². The fourth-order valence-corrected chi connectivity index (χ4v) is 4.68. The van der Waals surface area contributed by atoms with E-state index < -0.39 is 0 Å². The highest BCUT2D eigenvalue weighted by Crippen LogP contribution is 2.40. The molecule has 2 nitrogen and oxygen atoms in total. The second-order valence-electron chi connectivity index (χ2n) is 8.57. The number of para-hydroxylation sites is 2. The van der Waals surface area contributed by atoms with Gasteiger partial charge in [-0.15, -0.1) is 0 Å². The van der Waals surface area contributed by atoms with Gasteiger partial charge in [-0.2, -0.15) is 4.58 Å². The minimum atomic E-state index is 0.00122. The summed E-state index contributed by atoms with van der Waals surface area (Å²) in [6.07, 6.45) is 12.1. The van der Waals surface area contributed by atoms with Gasteiger partial charge in [0.25, 0.3) is 0 Å². The molecule has 2 heterocycles. The second kappa shape index (κ2) is 8.77. The average Bonchev–Trinajstić information content (AvgIpc) is 3.26. The molecular weight excluding hydrogens is 432 g/mol. The molecule has 0 radical (unpaired) electrons. The van der Waals surface area contributed by atoms with Crippen LogP contribution in [0.3, 0.4) is 0 Å². The molecule has 0 aromatic heterocycles. The maximum Gasteiger partial charge on any atom is 0.209 e. The van der Waals surface area contributed by atoms with Crippen molar-refractivity contribution in [3.05, 3.63) is 94.1 Å². The maximum atomic E-state index is 3.74. The first-order valence-electron chi connectivity index (χ1n) is 10.8. The molecule has 4 rings (SSSR count). The quantitative estimate of drug-likeness (QED) is 0.353. The SMILES string of the molecule is CCCC[N+]1=C(C=CC(Br)=CC=C2Cc3ccccc3N2)C(C)(C)c2ccccc21. The van der Waals surface area contributed by atoms with E-state index in [0.717, 1.165) is 17.4 Å². The van der Waals surface area contributed by atoms with Gasteiger partial charge in [-0.05, 0) is 43.7 Å². The lowest BCUT2D eigenvalue weighted by Crippen LogP contribution is -2.27. The zero-order chi connectivity index (χ0) is 21.1. The summed E-state index contributed by atoms with van der Waals surface area (Å²) in [5.41, 5.74) is 7.93. The molecule has 0 aliphatic carbocycles. The van der Waals surface area contributed by atoms with Gasteiger partial charge in [0, 0.05) is 46.4 Å². The fraction of sp³-hybridized carbons (Fsp3) is 0.296. The monoisotopic (exact) mass is 461 g/mol. The molecule has 1 N–H and O–H groups in total. The van der Waals surface area contributed by atoms with Gasteiger partial charge in [0.2, 0.25) is 5.69 Å². The predicted molar refractivity (Wildman–Crippen MR) is 132 cm³/mol. The Morgan fingerprint density at radius 1 is 1.13 bits per heavy atom. The topological polar surface area (TPSA) is 15.0 Å². The number of nitrogens with zero attached hydrogens (tertiary/aromatic N) is 1. The van der Waals surface area contributed by atoms with E-state index in [0.29, 0.717) is 0 Å². The Kier molecular flexibility index (Phi) is 6.10. The molecule has 3 heteroatoms. The summed E-state index contributed by atoms with van der Waals surface area (Å²) in [5, 5.41) is 3.50. The number of unbranched alkanes of at least 4 members (excludes halogenated alkanes) is 1. The van der Waals surface area contributed by atoms with Crippen molar-refractivity contribution >= 4 is 33.0 Å². The fourth-order valence-electron chi connectivity index (χ4n) is 4.41. The van der Waals surface area contributed by atoms with Gasteiger partial charge >= 0.3 is 0 Å². The van der Waals surface area contributed by atoms with Crippen molar-refractivity contribution in [1.82, 2.24) is 0 Å². The molecule has 0 amide bonds. The van der Waals surface area contributed by atoms with Crippen LogP contribution in [0.25, 0.3) is 0 Å². The summed E-state index contributed by atoms with van der Waals surface area (Å²) >= 11 is 3.74.